The number of hydrogen-bond acceptors (Lipinski definition) is 6. The van der Waals surface area contributed by atoms with Crippen LogP contribution >= 0.6 is 0 Å². The Labute approximate surface area is 180 Å². The van der Waals surface area contributed by atoms with Crippen LogP contribution in [0.4, 0.5) is 5.69 Å². The fourth-order valence-corrected chi connectivity index (χ4v) is 4.83. The van der Waals surface area contributed by atoms with Crippen LogP contribution in [0.5, 0.6) is 17.2 Å². The fraction of sp³-hybridized carbons (Fsp3) is 0.280. The summed E-state index contributed by atoms with van der Waals surface area (Å²) in [7, 11) is 4.80. The van der Waals surface area contributed by atoms with Gasteiger partial charge in [-0.3, -0.25) is 9.78 Å². The molecule has 1 aromatic heterocycles. The van der Waals surface area contributed by atoms with Crippen molar-refractivity contribution < 1.29 is 19.0 Å². The number of methoxy groups -OCH3 is 3. The van der Waals surface area contributed by atoms with E-state index in [-0.39, 0.29) is 11.7 Å². The van der Waals surface area contributed by atoms with E-state index in [2.05, 4.69) is 22.4 Å². The van der Waals surface area contributed by atoms with Gasteiger partial charge in [-0.25, -0.2) is 0 Å². The minimum atomic E-state index is -0.249. The minimum absolute atomic E-state index is 0.180. The molecule has 158 valence electrons. The normalized spacial score (nSPS) is 17.6. The van der Waals surface area contributed by atoms with Crippen molar-refractivity contribution in [2.24, 2.45) is 0 Å². The van der Waals surface area contributed by atoms with Crippen LogP contribution in [0.25, 0.3) is 10.9 Å². The number of nitrogens with zero attached hydrogens (tertiary/aromatic N) is 1. The lowest BCUT2D eigenvalue weighted by Gasteiger charge is -2.35. The number of ether oxygens (including phenoxy) is 3. The second kappa shape index (κ2) is 7.61. The largest absolute Gasteiger partial charge is 0.493 e. The first-order chi connectivity index (χ1) is 15.2. The molecule has 0 saturated heterocycles. The zero-order valence-electron chi connectivity index (χ0n) is 17.8. The van der Waals surface area contributed by atoms with Gasteiger partial charge in [0, 0.05) is 40.9 Å². The number of ketones is 1. The summed E-state index contributed by atoms with van der Waals surface area (Å²) in [5.41, 5.74) is 5.71. The molecule has 2 aliphatic rings. The molecular formula is C25H24N2O4. The van der Waals surface area contributed by atoms with Gasteiger partial charge in [0.25, 0.3) is 0 Å². The number of Topliss-reactive ketones (excluding diaryl/α,β-unsaturated/α-hetero) is 1. The third kappa shape index (κ3) is 3.02. The number of anilines is 1. The highest BCUT2D eigenvalue weighted by molar-refractivity contribution is 6.03. The number of carbonyl (C=O) groups excluding carboxylic acids is 1. The number of nitrogens with one attached hydrogen (secondary N) is 1. The molecule has 0 radical (unpaired) electrons. The van der Waals surface area contributed by atoms with Crippen LogP contribution in [0.1, 0.15) is 36.3 Å². The number of allylic oxidation sites excluding steroid dienone is 2. The summed E-state index contributed by atoms with van der Waals surface area (Å²) in [6.07, 6.45) is 4.05. The van der Waals surface area contributed by atoms with Crippen LogP contribution in [-0.2, 0) is 4.79 Å². The highest BCUT2D eigenvalue weighted by atomic mass is 16.5. The number of carbonyl (C=O) groups is 1. The van der Waals surface area contributed by atoms with Crippen LogP contribution < -0.4 is 19.5 Å². The van der Waals surface area contributed by atoms with Crippen molar-refractivity contribution in [3.05, 3.63) is 65.0 Å². The molecular weight excluding hydrogens is 392 g/mol. The van der Waals surface area contributed by atoms with E-state index in [4.69, 9.17) is 14.2 Å². The molecule has 0 fully saturated rings. The SMILES string of the molecule is COc1cc([C@@H]2C3=C(CCCC3=O)Nc3ccc4ncccc4c32)cc(OC)c1OC. The first kappa shape index (κ1) is 19.4. The molecule has 0 amide bonds. The van der Waals surface area contributed by atoms with E-state index in [0.717, 1.165) is 51.8 Å². The number of pyridine rings is 1. The maximum absolute atomic E-state index is 13.2. The maximum Gasteiger partial charge on any atom is 0.203 e. The van der Waals surface area contributed by atoms with Crippen LogP contribution in [-0.4, -0.2) is 32.1 Å². The minimum Gasteiger partial charge on any atom is -0.493 e. The van der Waals surface area contributed by atoms with Crippen LogP contribution in [0.15, 0.2) is 53.9 Å². The predicted molar refractivity (Wildman–Crippen MR) is 119 cm³/mol. The second-order valence-electron chi connectivity index (χ2n) is 7.78. The number of rotatable bonds is 4. The number of benzene rings is 2. The van der Waals surface area contributed by atoms with Crippen molar-refractivity contribution in [3.63, 3.8) is 0 Å². The molecule has 2 heterocycles. The van der Waals surface area contributed by atoms with E-state index in [9.17, 15) is 4.79 Å². The summed E-state index contributed by atoms with van der Waals surface area (Å²) < 4.78 is 16.7. The molecule has 5 rings (SSSR count). The number of aromatic nitrogens is 1. The highest BCUT2D eigenvalue weighted by Gasteiger charge is 2.37. The van der Waals surface area contributed by atoms with E-state index in [1.165, 1.54) is 0 Å². The average molecular weight is 416 g/mol. The Hall–Kier alpha value is -3.54. The maximum atomic E-state index is 13.2. The molecule has 1 aliphatic carbocycles. The Bertz CT molecular complexity index is 1210. The van der Waals surface area contributed by atoms with Gasteiger partial charge in [0.2, 0.25) is 5.75 Å². The number of fused-ring (bicyclic) bond motifs is 3. The van der Waals surface area contributed by atoms with Crippen molar-refractivity contribution in [2.75, 3.05) is 26.6 Å². The number of hydrogen-bond donors (Lipinski definition) is 1. The Morgan fingerprint density at radius 1 is 1.00 bits per heavy atom. The Balaban J connectivity index is 1.83. The zero-order valence-corrected chi connectivity index (χ0v) is 17.8. The first-order valence-electron chi connectivity index (χ1n) is 10.4. The topological polar surface area (TPSA) is 69.7 Å². The molecule has 0 spiro atoms. The quantitative estimate of drug-likeness (QED) is 0.657. The van der Waals surface area contributed by atoms with Crippen LogP contribution in [0.2, 0.25) is 0 Å². The smallest absolute Gasteiger partial charge is 0.203 e. The lowest BCUT2D eigenvalue weighted by Crippen LogP contribution is -2.27. The zero-order chi connectivity index (χ0) is 21.5. The summed E-state index contributed by atoms with van der Waals surface area (Å²) in [6, 6.07) is 12.0. The van der Waals surface area contributed by atoms with Crippen LogP contribution in [0, 0.1) is 0 Å². The Morgan fingerprint density at radius 3 is 2.48 bits per heavy atom. The highest BCUT2D eigenvalue weighted by Crippen LogP contribution is 2.50. The summed E-state index contributed by atoms with van der Waals surface area (Å²) in [4.78, 5) is 17.7. The summed E-state index contributed by atoms with van der Waals surface area (Å²) in [5.74, 6) is 1.60. The Morgan fingerprint density at radius 2 is 1.77 bits per heavy atom. The van der Waals surface area contributed by atoms with Gasteiger partial charge < -0.3 is 19.5 Å². The van der Waals surface area contributed by atoms with Crippen molar-refractivity contribution >= 4 is 22.4 Å². The monoisotopic (exact) mass is 416 g/mol. The molecule has 31 heavy (non-hydrogen) atoms. The summed E-state index contributed by atoms with van der Waals surface area (Å²) in [6.45, 7) is 0. The molecule has 0 bridgehead atoms. The molecule has 2 aromatic carbocycles. The van der Waals surface area contributed by atoms with Gasteiger partial charge in [-0.1, -0.05) is 6.07 Å². The average Bonchev–Trinajstić information content (AvgIpc) is 2.81. The van der Waals surface area contributed by atoms with E-state index < -0.39 is 0 Å². The standard InChI is InChI=1S/C25H24N2O4/c1-29-20-12-14(13-21(30-2)25(20)31-3)22-23-15-6-5-11-26-16(15)9-10-18(23)27-17-7-4-8-19(28)24(17)22/h5-6,9-13,22,27H,4,7-8H2,1-3H3/t22-/m0/s1. The van der Waals surface area contributed by atoms with Gasteiger partial charge in [-0.05, 0) is 54.3 Å². The summed E-state index contributed by atoms with van der Waals surface area (Å²) in [5, 5.41) is 4.57. The van der Waals surface area contributed by atoms with Crippen molar-refractivity contribution in [1.82, 2.24) is 4.98 Å². The van der Waals surface area contributed by atoms with Crippen LogP contribution in [0.3, 0.4) is 0 Å². The van der Waals surface area contributed by atoms with E-state index in [1.807, 2.05) is 24.3 Å². The molecule has 0 unspecified atom stereocenters. The molecule has 0 saturated carbocycles. The fourth-order valence-electron chi connectivity index (χ4n) is 4.83. The van der Waals surface area contributed by atoms with E-state index in [0.29, 0.717) is 23.7 Å². The van der Waals surface area contributed by atoms with Crippen molar-refractivity contribution in [1.29, 1.82) is 0 Å². The van der Waals surface area contributed by atoms with E-state index >= 15 is 0 Å². The third-order valence-corrected chi connectivity index (χ3v) is 6.17. The molecule has 6 nitrogen and oxygen atoms in total. The third-order valence-electron chi connectivity index (χ3n) is 6.17. The first-order valence-corrected chi connectivity index (χ1v) is 10.4. The van der Waals surface area contributed by atoms with E-state index in [1.54, 1.807) is 27.5 Å². The predicted octanol–water partition coefficient (Wildman–Crippen LogP) is 4.83. The van der Waals surface area contributed by atoms with Gasteiger partial charge in [-0.2, -0.15) is 0 Å². The molecule has 1 atom stereocenters. The van der Waals surface area contributed by atoms with Gasteiger partial charge in [0.15, 0.2) is 17.3 Å². The van der Waals surface area contributed by atoms with Gasteiger partial charge >= 0.3 is 0 Å². The second-order valence-corrected chi connectivity index (χ2v) is 7.78. The van der Waals surface area contributed by atoms with Gasteiger partial charge in [0.05, 0.1) is 26.8 Å². The molecule has 6 heteroatoms. The van der Waals surface area contributed by atoms with Gasteiger partial charge in [0.1, 0.15) is 0 Å². The van der Waals surface area contributed by atoms with Gasteiger partial charge in [-0.15, -0.1) is 0 Å². The summed E-state index contributed by atoms with van der Waals surface area (Å²) >= 11 is 0. The molecule has 1 N–H and O–H groups in total. The molecule has 3 aromatic rings. The van der Waals surface area contributed by atoms with Crippen molar-refractivity contribution in [3.8, 4) is 17.2 Å². The Kier molecular flexibility index (Phi) is 4.77. The lowest BCUT2D eigenvalue weighted by molar-refractivity contribution is -0.116. The van der Waals surface area contributed by atoms with Crippen molar-refractivity contribution in [2.45, 2.75) is 25.2 Å². The molecule has 1 aliphatic heterocycles. The lowest BCUT2D eigenvalue weighted by atomic mass is 9.74.